The molecule has 0 fully saturated rings. The van der Waals surface area contributed by atoms with Crippen LogP contribution in [0.1, 0.15) is 25.0 Å². The fraction of sp³-hybridized carbons (Fsp3) is 0.393. The summed E-state index contributed by atoms with van der Waals surface area (Å²) >= 11 is 0. The van der Waals surface area contributed by atoms with Crippen LogP contribution in [0.4, 0.5) is 5.95 Å². The molecule has 3 atom stereocenters. The van der Waals surface area contributed by atoms with E-state index in [-0.39, 0.29) is 24.1 Å². The Kier molecular flexibility index (Phi) is 8.25. The fourth-order valence-electron chi connectivity index (χ4n) is 4.63. The average Bonchev–Trinajstić information content (AvgIpc) is 3.23. The minimum absolute atomic E-state index is 0.00000449. The number of nitrogens with one attached hydrogen (secondary N) is 2. The molecule has 0 radical (unpaired) electrons. The number of nitrogens with zero attached hydrogens (tertiary/aromatic N) is 4. The van der Waals surface area contributed by atoms with E-state index in [2.05, 4.69) is 46.8 Å². The van der Waals surface area contributed by atoms with Gasteiger partial charge in [0.05, 0.1) is 12.6 Å². The maximum Gasteiger partial charge on any atom is 0.332 e. The van der Waals surface area contributed by atoms with Crippen LogP contribution >= 0.6 is 0 Å². The summed E-state index contributed by atoms with van der Waals surface area (Å²) in [6.45, 7) is 4.61. The van der Waals surface area contributed by atoms with Gasteiger partial charge in [-0.1, -0.05) is 60.7 Å². The van der Waals surface area contributed by atoms with Gasteiger partial charge in [0, 0.05) is 32.7 Å². The van der Waals surface area contributed by atoms with Crippen LogP contribution in [0.25, 0.3) is 11.2 Å². The normalized spacial score (nSPS) is 14.0. The van der Waals surface area contributed by atoms with Gasteiger partial charge in [0.1, 0.15) is 0 Å². The van der Waals surface area contributed by atoms with Crippen molar-refractivity contribution in [3.05, 3.63) is 92.6 Å². The van der Waals surface area contributed by atoms with Gasteiger partial charge in [-0.15, -0.1) is 0 Å². The molecular weight excluding hydrogens is 468 g/mol. The molecule has 0 aliphatic rings. The van der Waals surface area contributed by atoms with Crippen LogP contribution in [-0.2, 0) is 33.5 Å². The van der Waals surface area contributed by atoms with Crippen LogP contribution in [0.5, 0.6) is 0 Å². The van der Waals surface area contributed by atoms with E-state index in [0.717, 1.165) is 17.4 Å². The van der Waals surface area contributed by atoms with Crippen LogP contribution in [0.3, 0.4) is 0 Å². The summed E-state index contributed by atoms with van der Waals surface area (Å²) in [6.07, 6.45) is 0.818. The van der Waals surface area contributed by atoms with Crippen LogP contribution in [0.2, 0.25) is 0 Å². The van der Waals surface area contributed by atoms with E-state index in [4.69, 9.17) is 0 Å². The predicted octanol–water partition coefficient (Wildman–Crippen LogP) is 2.06. The maximum absolute atomic E-state index is 13.1. The lowest BCUT2D eigenvalue weighted by atomic mass is 10.1. The molecule has 3 N–H and O–H groups in total. The Balaban J connectivity index is 1.56. The smallest absolute Gasteiger partial charge is 0.332 e. The summed E-state index contributed by atoms with van der Waals surface area (Å²) in [7, 11) is 3.05. The van der Waals surface area contributed by atoms with Gasteiger partial charge in [-0.25, -0.2) is 4.79 Å². The first-order valence-corrected chi connectivity index (χ1v) is 12.7. The highest BCUT2D eigenvalue weighted by Gasteiger charge is 2.22. The van der Waals surface area contributed by atoms with E-state index in [1.807, 2.05) is 43.3 Å². The zero-order chi connectivity index (χ0) is 26.5. The molecule has 9 nitrogen and oxygen atoms in total. The Bertz CT molecular complexity index is 1440. The van der Waals surface area contributed by atoms with Crippen molar-refractivity contribution in [1.82, 2.24) is 24.0 Å². The van der Waals surface area contributed by atoms with Crippen molar-refractivity contribution in [3.8, 4) is 0 Å². The number of fused-ring (bicyclic) bond motifs is 1. The molecule has 2 heterocycles. The highest BCUT2D eigenvalue weighted by molar-refractivity contribution is 5.74. The molecule has 0 aliphatic carbocycles. The summed E-state index contributed by atoms with van der Waals surface area (Å²) < 4.78 is 4.14. The van der Waals surface area contributed by atoms with E-state index in [9.17, 15) is 14.7 Å². The van der Waals surface area contributed by atoms with Gasteiger partial charge in [0.25, 0.3) is 5.56 Å². The molecule has 0 bridgehead atoms. The monoisotopic (exact) mass is 504 g/mol. The van der Waals surface area contributed by atoms with E-state index in [1.54, 1.807) is 11.6 Å². The lowest BCUT2D eigenvalue weighted by Crippen LogP contribution is -2.39. The van der Waals surface area contributed by atoms with Crippen molar-refractivity contribution in [2.24, 2.45) is 14.1 Å². The van der Waals surface area contributed by atoms with Crippen molar-refractivity contribution in [1.29, 1.82) is 0 Å². The first kappa shape index (κ1) is 26.4. The minimum Gasteiger partial charge on any atom is -0.390 e. The van der Waals surface area contributed by atoms with Crippen LogP contribution in [0, 0.1) is 0 Å². The summed E-state index contributed by atoms with van der Waals surface area (Å²) in [6, 6.07) is 20.5. The number of hydrogen-bond acceptors (Lipinski definition) is 6. The highest BCUT2D eigenvalue weighted by Crippen LogP contribution is 2.18. The van der Waals surface area contributed by atoms with E-state index in [0.29, 0.717) is 18.1 Å². The molecule has 37 heavy (non-hydrogen) atoms. The third kappa shape index (κ3) is 6.18. The number of benzene rings is 2. The van der Waals surface area contributed by atoms with Crippen molar-refractivity contribution in [3.63, 3.8) is 0 Å². The van der Waals surface area contributed by atoms with E-state index in [1.165, 1.54) is 22.7 Å². The molecule has 4 rings (SSSR count). The van der Waals surface area contributed by atoms with Crippen LogP contribution in [-0.4, -0.2) is 48.5 Å². The van der Waals surface area contributed by atoms with E-state index >= 15 is 0 Å². The third-order valence-electron chi connectivity index (χ3n) is 6.59. The summed E-state index contributed by atoms with van der Waals surface area (Å²) in [5.74, 6) is 0.452. The van der Waals surface area contributed by atoms with Gasteiger partial charge >= 0.3 is 5.69 Å². The lowest BCUT2D eigenvalue weighted by molar-refractivity contribution is 0.149. The molecule has 0 spiro atoms. The van der Waals surface area contributed by atoms with Crippen molar-refractivity contribution in [2.45, 2.75) is 51.4 Å². The largest absolute Gasteiger partial charge is 0.390 e. The lowest BCUT2D eigenvalue weighted by Gasteiger charge is -2.20. The zero-order valence-electron chi connectivity index (χ0n) is 21.9. The minimum atomic E-state index is -0.775. The molecule has 4 aromatic rings. The molecule has 9 heteroatoms. The summed E-state index contributed by atoms with van der Waals surface area (Å²) in [5, 5.41) is 17.7. The number of aliphatic hydroxyl groups is 1. The molecule has 0 aliphatic heterocycles. The number of hydrogen-bond donors (Lipinski definition) is 3. The Labute approximate surface area is 216 Å². The number of aromatic nitrogens is 4. The molecule has 2 aromatic heterocycles. The van der Waals surface area contributed by atoms with Crippen LogP contribution in [0.15, 0.2) is 70.3 Å². The standard InChI is InChI=1S/C28H36N6O3/c1-19(15-21-11-7-5-8-12-21)29-17-23(35)18-34-24-25(32(3)28(37)33(4)26(24)36)31-27(34)30-20(2)16-22-13-9-6-10-14-22/h5-14,19-20,23,29,35H,15-18H2,1-4H3,(H,30,31). The number of anilines is 1. The molecule has 2 aromatic carbocycles. The Morgan fingerprint density at radius 3 is 2.03 bits per heavy atom. The van der Waals surface area contributed by atoms with Gasteiger partial charge in [-0.3, -0.25) is 13.9 Å². The quantitative estimate of drug-likeness (QED) is 0.289. The first-order valence-electron chi connectivity index (χ1n) is 12.7. The number of imidazole rings is 1. The number of aryl methyl sites for hydroxylation is 1. The van der Waals surface area contributed by atoms with Gasteiger partial charge < -0.3 is 20.3 Å². The van der Waals surface area contributed by atoms with Gasteiger partial charge in [0.15, 0.2) is 11.2 Å². The first-order chi connectivity index (χ1) is 17.7. The Morgan fingerprint density at radius 2 is 1.43 bits per heavy atom. The maximum atomic E-state index is 13.1. The van der Waals surface area contributed by atoms with Crippen molar-refractivity contribution in [2.75, 3.05) is 11.9 Å². The second-order valence-electron chi connectivity index (χ2n) is 9.81. The topological polar surface area (TPSA) is 106 Å². The second-order valence-corrected chi connectivity index (χ2v) is 9.81. The molecule has 0 saturated carbocycles. The molecular formula is C28H36N6O3. The van der Waals surface area contributed by atoms with E-state index < -0.39 is 17.4 Å². The Morgan fingerprint density at radius 1 is 0.865 bits per heavy atom. The van der Waals surface area contributed by atoms with Crippen molar-refractivity contribution >= 4 is 17.1 Å². The third-order valence-corrected chi connectivity index (χ3v) is 6.59. The highest BCUT2D eigenvalue weighted by atomic mass is 16.3. The SMILES string of the molecule is CC(Cc1ccccc1)NCC(O)Cn1c(NC(C)Cc2ccccc2)nc2c1c(=O)n(C)c(=O)n2C. The van der Waals surface area contributed by atoms with Gasteiger partial charge in [-0.2, -0.15) is 4.98 Å². The molecule has 0 saturated heterocycles. The fourth-order valence-corrected chi connectivity index (χ4v) is 4.63. The van der Waals surface area contributed by atoms with Gasteiger partial charge in [0.2, 0.25) is 5.95 Å². The average molecular weight is 505 g/mol. The molecule has 0 amide bonds. The molecule has 3 unspecified atom stereocenters. The summed E-state index contributed by atoms with van der Waals surface area (Å²) in [5.41, 5.74) is 2.09. The van der Waals surface area contributed by atoms with Crippen LogP contribution < -0.4 is 21.9 Å². The predicted molar refractivity (Wildman–Crippen MR) is 147 cm³/mol. The summed E-state index contributed by atoms with van der Waals surface area (Å²) in [4.78, 5) is 30.3. The zero-order valence-corrected chi connectivity index (χ0v) is 21.9. The number of rotatable bonds is 11. The number of aliphatic hydroxyl groups excluding tert-OH is 1. The Hall–Kier alpha value is -3.69. The second kappa shape index (κ2) is 11.6. The molecule has 196 valence electrons. The van der Waals surface area contributed by atoms with Crippen molar-refractivity contribution < 1.29 is 5.11 Å². The van der Waals surface area contributed by atoms with Gasteiger partial charge in [-0.05, 0) is 37.8 Å².